The van der Waals surface area contributed by atoms with Crippen LogP contribution in [0.2, 0.25) is 0 Å². The van der Waals surface area contributed by atoms with Crippen molar-refractivity contribution in [3.05, 3.63) is 24.3 Å². The third kappa shape index (κ3) is 5.09. The quantitative estimate of drug-likeness (QED) is 0.735. The molecule has 1 aromatic rings. The molecule has 2 amide bonds. The van der Waals surface area contributed by atoms with E-state index in [9.17, 15) is 14.4 Å². The Hall–Kier alpha value is -2.37. The van der Waals surface area contributed by atoms with Crippen molar-refractivity contribution in [1.29, 1.82) is 0 Å². The highest BCUT2D eigenvalue weighted by atomic mass is 16.4. The average molecular weight is 278 g/mol. The molecule has 0 saturated carbocycles. The highest BCUT2D eigenvalue weighted by molar-refractivity contribution is 6.01. The molecule has 0 spiro atoms. The van der Waals surface area contributed by atoms with Crippen LogP contribution in [0, 0.1) is 5.41 Å². The zero-order chi connectivity index (χ0) is 15.3. The first-order valence-electron chi connectivity index (χ1n) is 6.11. The number of aliphatic carboxylic acids is 1. The molecule has 6 heteroatoms. The van der Waals surface area contributed by atoms with Crippen LogP contribution in [0.5, 0.6) is 0 Å². The van der Waals surface area contributed by atoms with E-state index in [2.05, 4.69) is 10.6 Å². The van der Waals surface area contributed by atoms with E-state index in [-0.39, 0.29) is 5.91 Å². The third-order valence-electron chi connectivity index (χ3n) is 2.42. The Morgan fingerprint density at radius 3 is 1.85 bits per heavy atom. The third-order valence-corrected chi connectivity index (χ3v) is 2.42. The fourth-order valence-electron chi connectivity index (χ4n) is 1.30. The van der Waals surface area contributed by atoms with Gasteiger partial charge < -0.3 is 15.7 Å². The van der Waals surface area contributed by atoms with Crippen LogP contribution >= 0.6 is 0 Å². The number of benzene rings is 1. The monoisotopic (exact) mass is 278 g/mol. The van der Waals surface area contributed by atoms with Gasteiger partial charge in [0.25, 0.3) is 0 Å². The second-order valence-electron chi connectivity index (χ2n) is 5.40. The normalized spacial score (nSPS) is 10.8. The molecule has 1 rings (SSSR count). The molecule has 0 radical (unpaired) electrons. The molecule has 0 aliphatic carbocycles. The van der Waals surface area contributed by atoms with Gasteiger partial charge in [0.05, 0.1) is 0 Å². The van der Waals surface area contributed by atoms with Crippen LogP contribution in [0.3, 0.4) is 0 Å². The lowest BCUT2D eigenvalue weighted by Gasteiger charge is -2.17. The molecule has 0 aliphatic rings. The molecule has 1 aromatic carbocycles. The standard InChI is InChI=1S/C14H18N2O4/c1-14(2,3)13(20)16-10-6-4-9(5-7-10)15-11(17)8-12(18)19/h4-7H,8H2,1-3H3,(H,15,17)(H,16,20)(H,18,19). The van der Waals surface area contributed by atoms with Gasteiger partial charge in [0.1, 0.15) is 6.42 Å². The van der Waals surface area contributed by atoms with Crippen LogP contribution in [-0.4, -0.2) is 22.9 Å². The number of carboxylic acid groups (broad SMARTS) is 1. The van der Waals surface area contributed by atoms with Gasteiger partial charge in [-0.05, 0) is 24.3 Å². The SMILES string of the molecule is CC(C)(C)C(=O)Nc1ccc(NC(=O)CC(=O)O)cc1. The Labute approximate surface area is 117 Å². The van der Waals surface area contributed by atoms with Crippen molar-refractivity contribution in [3.63, 3.8) is 0 Å². The average Bonchev–Trinajstić information content (AvgIpc) is 2.29. The van der Waals surface area contributed by atoms with E-state index in [0.717, 1.165) is 0 Å². The molecule has 0 saturated heterocycles. The molecule has 0 heterocycles. The van der Waals surface area contributed by atoms with E-state index in [0.29, 0.717) is 11.4 Å². The first kappa shape index (κ1) is 15.7. The van der Waals surface area contributed by atoms with Gasteiger partial charge in [-0.15, -0.1) is 0 Å². The summed E-state index contributed by atoms with van der Waals surface area (Å²) >= 11 is 0. The van der Waals surface area contributed by atoms with Gasteiger partial charge in [-0.25, -0.2) is 0 Å². The number of rotatable bonds is 4. The number of nitrogens with one attached hydrogen (secondary N) is 2. The van der Waals surface area contributed by atoms with E-state index in [1.54, 1.807) is 24.3 Å². The molecule has 3 N–H and O–H groups in total. The van der Waals surface area contributed by atoms with E-state index in [1.165, 1.54) is 0 Å². The fourth-order valence-corrected chi connectivity index (χ4v) is 1.30. The highest BCUT2D eigenvalue weighted by Crippen LogP contribution is 2.19. The summed E-state index contributed by atoms with van der Waals surface area (Å²) in [6.07, 6.45) is -0.581. The van der Waals surface area contributed by atoms with Crippen molar-refractivity contribution < 1.29 is 19.5 Å². The Kier molecular flexibility index (Phi) is 4.85. The zero-order valence-electron chi connectivity index (χ0n) is 11.7. The Bertz CT molecular complexity index is 515. The predicted octanol–water partition coefficient (Wildman–Crippen LogP) is 2.08. The van der Waals surface area contributed by atoms with Crippen LogP contribution in [0.25, 0.3) is 0 Å². The molecule has 0 unspecified atom stereocenters. The number of carbonyl (C=O) groups excluding carboxylic acids is 2. The van der Waals surface area contributed by atoms with Gasteiger partial charge in [0.2, 0.25) is 11.8 Å². The van der Waals surface area contributed by atoms with Crippen molar-refractivity contribution in [2.75, 3.05) is 10.6 Å². The van der Waals surface area contributed by atoms with Gasteiger partial charge in [0, 0.05) is 16.8 Å². The molecule has 0 aromatic heterocycles. The van der Waals surface area contributed by atoms with Gasteiger partial charge >= 0.3 is 5.97 Å². The number of anilines is 2. The summed E-state index contributed by atoms with van der Waals surface area (Å²) in [5.41, 5.74) is 0.597. The largest absolute Gasteiger partial charge is 0.481 e. The second-order valence-corrected chi connectivity index (χ2v) is 5.40. The van der Waals surface area contributed by atoms with E-state index in [1.807, 2.05) is 20.8 Å². The smallest absolute Gasteiger partial charge is 0.312 e. The maximum atomic E-state index is 11.8. The molecule has 0 atom stereocenters. The molecule has 20 heavy (non-hydrogen) atoms. The summed E-state index contributed by atoms with van der Waals surface area (Å²) in [5, 5.41) is 13.7. The lowest BCUT2D eigenvalue weighted by atomic mass is 9.95. The number of carbonyl (C=O) groups is 3. The van der Waals surface area contributed by atoms with Crippen molar-refractivity contribution >= 4 is 29.2 Å². The van der Waals surface area contributed by atoms with Crippen LogP contribution in [0.15, 0.2) is 24.3 Å². The van der Waals surface area contributed by atoms with Crippen molar-refractivity contribution in [1.82, 2.24) is 0 Å². The molecular formula is C14H18N2O4. The van der Waals surface area contributed by atoms with Gasteiger partial charge in [-0.3, -0.25) is 14.4 Å². The lowest BCUT2D eigenvalue weighted by Crippen LogP contribution is -2.27. The molecule has 0 bridgehead atoms. The first-order chi connectivity index (χ1) is 9.18. The summed E-state index contributed by atoms with van der Waals surface area (Å²) in [6.45, 7) is 5.43. The summed E-state index contributed by atoms with van der Waals surface area (Å²) < 4.78 is 0. The van der Waals surface area contributed by atoms with E-state index >= 15 is 0 Å². The minimum absolute atomic E-state index is 0.111. The molecule has 0 fully saturated rings. The maximum absolute atomic E-state index is 11.8. The summed E-state index contributed by atoms with van der Waals surface area (Å²) in [6, 6.07) is 6.47. The summed E-state index contributed by atoms with van der Waals surface area (Å²) in [4.78, 5) is 33.4. The van der Waals surface area contributed by atoms with Crippen molar-refractivity contribution in [2.45, 2.75) is 27.2 Å². The predicted molar refractivity (Wildman–Crippen MR) is 75.4 cm³/mol. The van der Waals surface area contributed by atoms with Crippen LogP contribution in [0.1, 0.15) is 27.2 Å². The number of hydrogen-bond donors (Lipinski definition) is 3. The fraction of sp³-hybridized carbons (Fsp3) is 0.357. The van der Waals surface area contributed by atoms with Crippen LogP contribution < -0.4 is 10.6 Å². The molecule has 6 nitrogen and oxygen atoms in total. The van der Waals surface area contributed by atoms with Crippen molar-refractivity contribution in [3.8, 4) is 0 Å². The van der Waals surface area contributed by atoms with Gasteiger partial charge in [0.15, 0.2) is 0 Å². The summed E-state index contributed by atoms with van der Waals surface area (Å²) in [7, 11) is 0. The first-order valence-corrected chi connectivity index (χ1v) is 6.11. The second kappa shape index (κ2) is 6.18. The Morgan fingerprint density at radius 2 is 1.45 bits per heavy atom. The lowest BCUT2D eigenvalue weighted by molar-refractivity contribution is -0.139. The molecule has 0 aliphatic heterocycles. The van der Waals surface area contributed by atoms with Gasteiger partial charge in [-0.1, -0.05) is 20.8 Å². The molecular weight excluding hydrogens is 260 g/mol. The number of amides is 2. The van der Waals surface area contributed by atoms with Gasteiger partial charge in [-0.2, -0.15) is 0 Å². The topological polar surface area (TPSA) is 95.5 Å². The number of hydrogen-bond acceptors (Lipinski definition) is 3. The van der Waals surface area contributed by atoms with E-state index < -0.39 is 23.7 Å². The Balaban J connectivity index is 2.63. The van der Waals surface area contributed by atoms with Crippen LogP contribution in [-0.2, 0) is 14.4 Å². The van der Waals surface area contributed by atoms with E-state index in [4.69, 9.17) is 5.11 Å². The highest BCUT2D eigenvalue weighted by Gasteiger charge is 2.21. The number of carboxylic acids is 1. The minimum Gasteiger partial charge on any atom is -0.481 e. The van der Waals surface area contributed by atoms with Crippen LogP contribution in [0.4, 0.5) is 11.4 Å². The zero-order valence-corrected chi connectivity index (χ0v) is 11.7. The Morgan fingerprint density at radius 1 is 1.00 bits per heavy atom. The van der Waals surface area contributed by atoms with Crippen molar-refractivity contribution in [2.24, 2.45) is 5.41 Å². The minimum atomic E-state index is -1.18. The molecule has 108 valence electrons. The maximum Gasteiger partial charge on any atom is 0.312 e. The summed E-state index contributed by atoms with van der Waals surface area (Å²) in [5.74, 6) is -1.89.